The lowest BCUT2D eigenvalue weighted by molar-refractivity contribution is 0.151. The highest BCUT2D eigenvalue weighted by molar-refractivity contribution is 7.80. The number of nitrogens with zero attached hydrogens (tertiary/aromatic N) is 2. The van der Waals surface area contributed by atoms with E-state index in [4.69, 9.17) is 28.6 Å². The summed E-state index contributed by atoms with van der Waals surface area (Å²) in [5, 5.41) is 4.86. The third-order valence-corrected chi connectivity index (χ3v) is 6.22. The van der Waals surface area contributed by atoms with E-state index in [9.17, 15) is 0 Å². The molecule has 1 fully saturated rings. The number of benzene rings is 3. The standard InChI is InChI=1S/C25H26ClN3OS/c1-30-23-13-11-22(12-14-23)27-25(31)29-17-15-28(16-18-29)24(19-5-3-2-4-6-19)20-7-9-21(26)10-8-20/h2-14,24H,15-18H2,1H3,(H,27,31). The predicted octanol–water partition coefficient (Wildman–Crippen LogP) is 5.45. The Balaban J connectivity index is 1.43. The Morgan fingerprint density at radius 1 is 0.871 bits per heavy atom. The Hall–Kier alpha value is -2.60. The van der Waals surface area contributed by atoms with Crippen LogP contribution in [0.15, 0.2) is 78.9 Å². The molecule has 0 bridgehead atoms. The normalized spacial score (nSPS) is 15.4. The molecule has 1 aliphatic heterocycles. The minimum Gasteiger partial charge on any atom is -0.497 e. The summed E-state index contributed by atoms with van der Waals surface area (Å²) in [5.74, 6) is 0.833. The maximum atomic E-state index is 6.14. The van der Waals surface area contributed by atoms with Gasteiger partial charge in [-0.05, 0) is 59.7 Å². The number of piperazine rings is 1. The Kier molecular flexibility index (Phi) is 7.07. The lowest BCUT2D eigenvalue weighted by Crippen LogP contribution is -2.50. The second kappa shape index (κ2) is 10.1. The zero-order valence-corrected chi connectivity index (χ0v) is 19.1. The molecule has 1 atom stereocenters. The number of hydrogen-bond donors (Lipinski definition) is 1. The van der Waals surface area contributed by atoms with E-state index in [1.54, 1.807) is 7.11 Å². The number of halogens is 1. The van der Waals surface area contributed by atoms with Gasteiger partial charge in [-0.25, -0.2) is 0 Å². The number of anilines is 1. The summed E-state index contributed by atoms with van der Waals surface area (Å²) in [5.41, 5.74) is 3.51. The van der Waals surface area contributed by atoms with Crippen LogP contribution in [0.1, 0.15) is 17.2 Å². The minimum atomic E-state index is 0.198. The topological polar surface area (TPSA) is 27.7 Å². The van der Waals surface area contributed by atoms with Crippen LogP contribution < -0.4 is 10.1 Å². The van der Waals surface area contributed by atoms with Crippen LogP contribution in [0, 0.1) is 0 Å². The Morgan fingerprint density at radius 2 is 1.48 bits per heavy atom. The monoisotopic (exact) mass is 451 g/mol. The van der Waals surface area contributed by atoms with Gasteiger partial charge < -0.3 is 15.0 Å². The number of ether oxygens (including phenoxy) is 1. The van der Waals surface area contributed by atoms with E-state index in [1.165, 1.54) is 11.1 Å². The van der Waals surface area contributed by atoms with Crippen LogP contribution >= 0.6 is 23.8 Å². The van der Waals surface area contributed by atoms with Crippen LogP contribution in [0.5, 0.6) is 5.75 Å². The van der Waals surface area contributed by atoms with Crippen molar-refractivity contribution in [3.05, 3.63) is 95.0 Å². The molecule has 4 nitrogen and oxygen atoms in total. The first-order valence-electron chi connectivity index (χ1n) is 10.4. The van der Waals surface area contributed by atoms with Crippen LogP contribution in [0.3, 0.4) is 0 Å². The molecular weight excluding hydrogens is 426 g/mol. The number of rotatable bonds is 5. The number of nitrogens with one attached hydrogen (secondary N) is 1. The number of thiocarbonyl (C=S) groups is 1. The highest BCUT2D eigenvalue weighted by Gasteiger charge is 2.27. The van der Waals surface area contributed by atoms with Gasteiger partial charge in [0.15, 0.2) is 5.11 Å². The molecule has 0 saturated carbocycles. The molecule has 1 N–H and O–H groups in total. The average molecular weight is 452 g/mol. The molecule has 1 heterocycles. The SMILES string of the molecule is COc1ccc(NC(=S)N2CCN(C(c3ccccc3)c3ccc(Cl)cc3)CC2)cc1. The van der Waals surface area contributed by atoms with Crippen LogP contribution in [0.25, 0.3) is 0 Å². The van der Waals surface area contributed by atoms with E-state index in [2.05, 4.69) is 57.6 Å². The van der Waals surface area contributed by atoms with Crippen molar-refractivity contribution in [2.75, 3.05) is 38.6 Å². The predicted molar refractivity (Wildman–Crippen MR) is 132 cm³/mol. The molecular formula is C25H26ClN3OS. The van der Waals surface area contributed by atoms with Crippen LogP contribution in [-0.2, 0) is 0 Å². The molecule has 3 aromatic rings. The van der Waals surface area contributed by atoms with Crippen LogP contribution in [-0.4, -0.2) is 48.2 Å². The third kappa shape index (κ3) is 5.37. The van der Waals surface area contributed by atoms with Crippen LogP contribution in [0.2, 0.25) is 5.02 Å². The molecule has 4 rings (SSSR count). The van der Waals surface area contributed by atoms with Crippen molar-refractivity contribution in [3.8, 4) is 5.75 Å². The average Bonchev–Trinajstić information content (AvgIpc) is 2.82. The zero-order valence-electron chi connectivity index (χ0n) is 17.5. The van der Waals surface area contributed by atoms with Crippen molar-refractivity contribution in [3.63, 3.8) is 0 Å². The van der Waals surface area contributed by atoms with E-state index in [-0.39, 0.29) is 6.04 Å². The maximum absolute atomic E-state index is 6.14. The number of hydrogen-bond acceptors (Lipinski definition) is 3. The van der Waals surface area contributed by atoms with Crippen molar-refractivity contribution < 1.29 is 4.74 Å². The van der Waals surface area contributed by atoms with Gasteiger partial charge in [-0.1, -0.05) is 54.1 Å². The van der Waals surface area contributed by atoms with Crippen molar-refractivity contribution >= 4 is 34.6 Å². The molecule has 6 heteroatoms. The Bertz CT molecular complexity index is 988. The number of methoxy groups -OCH3 is 1. The molecule has 1 saturated heterocycles. The molecule has 3 aromatic carbocycles. The smallest absolute Gasteiger partial charge is 0.173 e. The molecule has 0 aromatic heterocycles. The van der Waals surface area contributed by atoms with E-state index in [1.807, 2.05) is 36.4 Å². The van der Waals surface area contributed by atoms with Gasteiger partial charge in [0, 0.05) is 36.9 Å². The first-order chi connectivity index (χ1) is 15.1. The lowest BCUT2D eigenvalue weighted by Gasteiger charge is -2.40. The molecule has 1 aliphatic rings. The van der Waals surface area contributed by atoms with Gasteiger partial charge in [0.2, 0.25) is 0 Å². The summed E-state index contributed by atoms with van der Waals surface area (Å²) in [4.78, 5) is 4.76. The van der Waals surface area contributed by atoms with Gasteiger partial charge in [0.1, 0.15) is 5.75 Å². The molecule has 1 unspecified atom stereocenters. The fourth-order valence-electron chi connectivity index (χ4n) is 3.95. The highest BCUT2D eigenvalue weighted by atomic mass is 35.5. The van der Waals surface area contributed by atoms with Crippen molar-refractivity contribution in [1.29, 1.82) is 0 Å². The van der Waals surface area contributed by atoms with Crippen molar-refractivity contribution in [2.24, 2.45) is 0 Å². The third-order valence-electron chi connectivity index (χ3n) is 5.61. The van der Waals surface area contributed by atoms with Gasteiger partial charge in [0.05, 0.1) is 13.2 Å². The molecule has 0 amide bonds. The summed E-state index contributed by atoms with van der Waals surface area (Å²) in [7, 11) is 1.67. The summed E-state index contributed by atoms with van der Waals surface area (Å²) >= 11 is 11.8. The summed E-state index contributed by atoms with van der Waals surface area (Å²) in [6, 6.07) is 26.9. The van der Waals surface area contributed by atoms with E-state index in [0.29, 0.717) is 0 Å². The van der Waals surface area contributed by atoms with Crippen molar-refractivity contribution in [2.45, 2.75) is 6.04 Å². The van der Waals surface area contributed by atoms with Gasteiger partial charge in [-0.3, -0.25) is 4.90 Å². The molecule has 160 valence electrons. The zero-order chi connectivity index (χ0) is 21.6. The maximum Gasteiger partial charge on any atom is 0.173 e. The second-order valence-electron chi connectivity index (χ2n) is 7.55. The van der Waals surface area contributed by atoms with E-state index >= 15 is 0 Å². The largest absolute Gasteiger partial charge is 0.497 e. The molecule has 0 spiro atoms. The first kappa shape index (κ1) is 21.6. The molecule has 0 radical (unpaired) electrons. The molecule has 0 aliphatic carbocycles. The molecule has 31 heavy (non-hydrogen) atoms. The summed E-state index contributed by atoms with van der Waals surface area (Å²) < 4.78 is 5.22. The highest BCUT2D eigenvalue weighted by Crippen LogP contribution is 2.30. The Morgan fingerprint density at radius 3 is 2.10 bits per heavy atom. The van der Waals surface area contributed by atoms with Crippen LogP contribution in [0.4, 0.5) is 5.69 Å². The lowest BCUT2D eigenvalue weighted by atomic mass is 9.96. The van der Waals surface area contributed by atoms with E-state index < -0.39 is 0 Å². The minimum absolute atomic E-state index is 0.198. The first-order valence-corrected chi connectivity index (χ1v) is 11.2. The Labute approximate surface area is 194 Å². The van der Waals surface area contributed by atoms with Gasteiger partial charge in [-0.2, -0.15) is 0 Å². The van der Waals surface area contributed by atoms with Crippen molar-refractivity contribution in [1.82, 2.24) is 9.80 Å². The summed E-state index contributed by atoms with van der Waals surface area (Å²) in [6.07, 6.45) is 0. The fourth-order valence-corrected chi connectivity index (χ4v) is 4.38. The fraction of sp³-hybridized carbons (Fsp3) is 0.240. The van der Waals surface area contributed by atoms with Gasteiger partial charge >= 0.3 is 0 Å². The van der Waals surface area contributed by atoms with E-state index in [0.717, 1.165) is 47.8 Å². The second-order valence-corrected chi connectivity index (χ2v) is 8.37. The van der Waals surface area contributed by atoms with Gasteiger partial charge in [0.25, 0.3) is 0 Å². The quantitative estimate of drug-likeness (QED) is 0.520. The van der Waals surface area contributed by atoms with Gasteiger partial charge in [-0.15, -0.1) is 0 Å². The summed E-state index contributed by atoms with van der Waals surface area (Å²) in [6.45, 7) is 3.59.